The number of halogens is 1. The van der Waals surface area contributed by atoms with Gasteiger partial charge in [-0.05, 0) is 36.2 Å². The van der Waals surface area contributed by atoms with Crippen molar-refractivity contribution in [3.05, 3.63) is 59.0 Å². The van der Waals surface area contributed by atoms with E-state index in [1.165, 1.54) is 6.26 Å². The van der Waals surface area contributed by atoms with Gasteiger partial charge in [0.05, 0.1) is 12.7 Å². The Morgan fingerprint density at radius 2 is 1.95 bits per heavy atom. The number of carbonyl (C=O) groups excluding carboxylic acids is 2. The molecule has 0 saturated heterocycles. The third kappa shape index (κ3) is 4.63. The van der Waals surface area contributed by atoms with Gasteiger partial charge in [0, 0.05) is 10.6 Å². The molecule has 0 amide bonds. The Morgan fingerprint density at radius 1 is 1.19 bits per heavy atom. The molecule has 0 aliphatic heterocycles. The van der Waals surface area contributed by atoms with Crippen LogP contribution in [0.15, 0.2) is 47.1 Å². The maximum atomic E-state index is 11.6. The van der Waals surface area contributed by atoms with Crippen molar-refractivity contribution < 1.29 is 18.7 Å². The molecule has 0 saturated carbocycles. The van der Waals surface area contributed by atoms with E-state index in [0.717, 1.165) is 0 Å². The average molecular weight is 305 g/mol. The summed E-state index contributed by atoms with van der Waals surface area (Å²) in [6, 6.07) is 10.2. The highest BCUT2D eigenvalue weighted by Crippen LogP contribution is 2.19. The minimum Gasteiger partial charge on any atom is -0.466 e. The first-order chi connectivity index (χ1) is 10.2. The third-order valence-corrected chi connectivity index (χ3v) is 3.10. The molecule has 5 heteroatoms. The van der Waals surface area contributed by atoms with Gasteiger partial charge in [0.25, 0.3) is 0 Å². The van der Waals surface area contributed by atoms with E-state index in [4.69, 9.17) is 20.8 Å². The SMILES string of the molecule is O=C=C(CCC(=O)OCc1ccco1)c1ccc(Cl)cc1. The Hall–Kier alpha value is -2.29. The van der Waals surface area contributed by atoms with Crippen molar-refractivity contribution >= 4 is 29.1 Å². The molecule has 0 N–H and O–H groups in total. The van der Waals surface area contributed by atoms with Gasteiger partial charge in [-0.2, -0.15) is 0 Å². The Bertz CT molecular complexity index is 637. The Morgan fingerprint density at radius 3 is 2.57 bits per heavy atom. The van der Waals surface area contributed by atoms with E-state index < -0.39 is 5.97 Å². The summed E-state index contributed by atoms with van der Waals surface area (Å²) in [4.78, 5) is 22.6. The predicted molar refractivity (Wildman–Crippen MR) is 78.3 cm³/mol. The van der Waals surface area contributed by atoms with Crippen LogP contribution >= 0.6 is 11.6 Å². The summed E-state index contributed by atoms with van der Waals surface area (Å²) in [5.41, 5.74) is 1.12. The number of benzene rings is 1. The number of furan rings is 1. The van der Waals surface area contributed by atoms with E-state index in [1.807, 2.05) is 5.94 Å². The van der Waals surface area contributed by atoms with Crippen LogP contribution in [-0.4, -0.2) is 11.9 Å². The molecular formula is C16H13ClO4. The van der Waals surface area contributed by atoms with Crippen LogP contribution in [0.25, 0.3) is 5.57 Å². The predicted octanol–water partition coefficient (Wildman–Crippen LogP) is 3.67. The highest BCUT2D eigenvalue weighted by molar-refractivity contribution is 6.30. The largest absolute Gasteiger partial charge is 0.466 e. The molecule has 0 fully saturated rings. The molecule has 1 heterocycles. The molecule has 2 aromatic rings. The lowest BCUT2D eigenvalue weighted by atomic mass is 10.0. The van der Waals surface area contributed by atoms with E-state index in [1.54, 1.807) is 36.4 Å². The summed E-state index contributed by atoms with van der Waals surface area (Å²) < 4.78 is 10.1. The molecule has 0 atom stereocenters. The number of ether oxygens (including phenoxy) is 1. The lowest BCUT2D eigenvalue weighted by Gasteiger charge is -2.05. The molecular weight excluding hydrogens is 292 g/mol. The fourth-order valence-corrected chi connectivity index (χ4v) is 1.88. The van der Waals surface area contributed by atoms with Gasteiger partial charge in [0.2, 0.25) is 0 Å². The molecule has 1 aromatic carbocycles. The molecule has 0 aliphatic carbocycles. The van der Waals surface area contributed by atoms with E-state index in [9.17, 15) is 9.59 Å². The van der Waals surface area contributed by atoms with Gasteiger partial charge in [-0.25, -0.2) is 4.79 Å². The van der Waals surface area contributed by atoms with Gasteiger partial charge < -0.3 is 9.15 Å². The van der Waals surface area contributed by atoms with Crippen molar-refractivity contribution in [3.8, 4) is 0 Å². The van der Waals surface area contributed by atoms with E-state index >= 15 is 0 Å². The second-order valence-electron chi connectivity index (χ2n) is 4.33. The lowest BCUT2D eigenvalue weighted by molar-refractivity contribution is -0.145. The molecule has 1 aromatic heterocycles. The molecule has 4 nitrogen and oxygen atoms in total. The second kappa shape index (κ2) is 7.48. The first kappa shape index (κ1) is 15.1. The quantitative estimate of drug-likeness (QED) is 0.603. The van der Waals surface area contributed by atoms with Crippen LogP contribution in [0.3, 0.4) is 0 Å². The van der Waals surface area contributed by atoms with Crippen molar-refractivity contribution in [1.82, 2.24) is 0 Å². The lowest BCUT2D eigenvalue weighted by Crippen LogP contribution is -2.04. The first-order valence-corrected chi connectivity index (χ1v) is 6.75. The van der Waals surface area contributed by atoms with Gasteiger partial charge in [0.15, 0.2) is 0 Å². The Balaban J connectivity index is 1.84. The summed E-state index contributed by atoms with van der Waals surface area (Å²) in [5.74, 6) is 2.04. The van der Waals surface area contributed by atoms with Crippen molar-refractivity contribution in [3.63, 3.8) is 0 Å². The van der Waals surface area contributed by atoms with Crippen LogP contribution in [0, 0.1) is 0 Å². The molecule has 0 spiro atoms. The zero-order valence-electron chi connectivity index (χ0n) is 11.2. The number of rotatable bonds is 6. The van der Waals surface area contributed by atoms with Crippen molar-refractivity contribution in [1.29, 1.82) is 0 Å². The second-order valence-corrected chi connectivity index (χ2v) is 4.76. The minimum absolute atomic E-state index is 0.0902. The molecule has 0 radical (unpaired) electrons. The van der Waals surface area contributed by atoms with Crippen LogP contribution < -0.4 is 0 Å². The molecule has 21 heavy (non-hydrogen) atoms. The topological polar surface area (TPSA) is 56.5 Å². The van der Waals surface area contributed by atoms with Crippen molar-refractivity contribution in [2.24, 2.45) is 0 Å². The molecule has 108 valence electrons. The van der Waals surface area contributed by atoms with Gasteiger partial charge in [-0.3, -0.25) is 4.79 Å². The molecule has 0 aliphatic rings. The van der Waals surface area contributed by atoms with E-state index in [-0.39, 0.29) is 19.4 Å². The smallest absolute Gasteiger partial charge is 0.306 e. The number of hydrogen-bond donors (Lipinski definition) is 0. The van der Waals surface area contributed by atoms with Gasteiger partial charge in [0.1, 0.15) is 18.3 Å². The average Bonchev–Trinajstić information content (AvgIpc) is 3.01. The van der Waals surface area contributed by atoms with Gasteiger partial charge in [-0.15, -0.1) is 0 Å². The minimum atomic E-state index is -0.395. The van der Waals surface area contributed by atoms with Crippen LogP contribution in [0.2, 0.25) is 5.02 Å². The number of carbonyl (C=O) groups is 1. The highest BCUT2D eigenvalue weighted by atomic mass is 35.5. The molecule has 0 bridgehead atoms. The highest BCUT2D eigenvalue weighted by Gasteiger charge is 2.09. The van der Waals surface area contributed by atoms with E-state index in [0.29, 0.717) is 21.9 Å². The fourth-order valence-electron chi connectivity index (χ4n) is 1.75. The van der Waals surface area contributed by atoms with Crippen molar-refractivity contribution in [2.75, 3.05) is 0 Å². The first-order valence-electron chi connectivity index (χ1n) is 6.37. The summed E-state index contributed by atoms with van der Waals surface area (Å²) >= 11 is 5.79. The number of esters is 1. The van der Waals surface area contributed by atoms with Crippen LogP contribution in [-0.2, 0) is 20.9 Å². The molecule has 0 unspecified atom stereocenters. The monoisotopic (exact) mass is 304 g/mol. The zero-order chi connectivity index (χ0) is 15.1. The number of allylic oxidation sites excluding steroid dienone is 1. The van der Waals surface area contributed by atoms with Gasteiger partial charge >= 0.3 is 5.97 Å². The maximum Gasteiger partial charge on any atom is 0.306 e. The number of hydrogen-bond acceptors (Lipinski definition) is 4. The molecule has 2 rings (SSSR count). The van der Waals surface area contributed by atoms with Gasteiger partial charge in [-0.1, -0.05) is 23.7 Å². The Labute approximate surface area is 127 Å². The van der Waals surface area contributed by atoms with Crippen LogP contribution in [0.5, 0.6) is 0 Å². The van der Waals surface area contributed by atoms with Crippen LogP contribution in [0.4, 0.5) is 0 Å². The third-order valence-electron chi connectivity index (χ3n) is 2.85. The summed E-state index contributed by atoms with van der Waals surface area (Å²) in [6.07, 6.45) is 1.88. The summed E-state index contributed by atoms with van der Waals surface area (Å²) in [5, 5.41) is 0.585. The standard InChI is InChI=1S/C16H13ClO4/c17-14-6-3-12(4-7-14)13(10-18)5-8-16(19)21-11-15-2-1-9-20-15/h1-4,6-7,9H,5,8,11H2. The van der Waals surface area contributed by atoms with Crippen molar-refractivity contribution in [2.45, 2.75) is 19.4 Å². The zero-order valence-corrected chi connectivity index (χ0v) is 11.9. The summed E-state index contributed by atoms with van der Waals surface area (Å²) in [7, 11) is 0. The maximum absolute atomic E-state index is 11.6. The fraction of sp³-hybridized carbons (Fsp3) is 0.188. The normalized spacial score (nSPS) is 9.95. The Kier molecular flexibility index (Phi) is 5.38. The summed E-state index contributed by atoms with van der Waals surface area (Å²) in [6.45, 7) is 0.0902. The van der Waals surface area contributed by atoms with E-state index in [2.05, 4.69) is 0 Å². The van der Waals surface area contributed by atoms with Crippen LogP contribution in [0.1, 0.15) is 24.2 Å².